The molecule has 3 N–H and O–H groups in total. The molecule has 0 aliphatic carbocycles. The summed E-state index contributed by atoms with van der Waals surface area (Å²) in [5, 5.41) is -0.781. The minimum Gasteiger partial charge on any atom is -0.392 e. The Labute approximate surface area is 91.3 Å². The van der Waals surface area contributed by atoms with Crippen LogP contribution >= 0.6 is 12.2 Å². The minimum absolute atomic E-state index is 0.0178. The second-order valence-corrected chi connectivity index (χ2v) is 6.53. The Kier molecular flexibility index (Phi) is 4.48. The first-order chi connectivity index (χ1) is 6.10. The summed E-state index contributed by atoms with van der Waals surface area (Å²) >= 11 is 4.71. The molecule has 0 aromatic rings. The molecule has 0 spiro atoms. The summed E-state index contributed by atoms with van der Waals surface area (Å²) < 4.78 is 26.0. The molecule has 0 aliphatic heterocycles. The van der Waals surface area contributed by atoms with Crippen molar-refractivity contribution in [3.63, 3.8) is 0 Å². The topological polar surface area (TPSA) is 72.2 Å². The lowest BCUT2D eigenvalue weighted by atomic mass is 10.1. The molecule has 6 heteroatoms. The summed E-state index contributed by atoms with van der Waals surface area (Å²) in [6, 6.07) is 0. The van der Waals surface area contributed by atoms with Gasteiger partial charge in [-0.3, -0.25) is 0 Å². The van der Waals surface area contributed by atoms with Gasteiger partial charge in [-0.25, -0.2) is 13.1 Å². The van der Waals surface area contributed by atoms with E-state index in [4.69, 9.17) is 18.0 Å². The number of thiocarbonyl (C=S) groups is 1. The number of hydrogen-bond acceptors (Lipinski definition) is 3. The molecule has 4 nitrogen and oxygen atoms in total. The van der Waals surface area contributed by atoms with E-state index < -0.39 is 20.8 Å². The highest BCUT2D eigenvalue weighted by atomic mass is 32.2. The van der Waals surface area contributed by atoms with Crippen molar-refractivity contribution >= 4 is 27.2 Å². The lowest BCUT2D eigenvalue weighted by molar-refractivity contribution is 0.488. The van der Waals surface area contributed by atoms with Crippen LogP contribution in [0.2, 0.25) is 0 Å². The number of nitrogens with two attached hydrogens (primary N) is 1. The average molecular weight is 238 g/mol. The van der Waals surface area contributed by atoms with E-state index in [0.29, 0.717) is 6.42 Å². The molecule has 0 bridgehead atoms. The molecular weight excluding hydrogens is 220 g/mol. The molecule has 0 amide bonds. The summed E-state index contributed by atoms with van der Waals surface area (Å²) in [5.74, 6) is 0. The number of sulfonamides is 1. The van der Waals surface area contributed by atoms with Crippen molar-refractivity contribution < 1.29 is 8.42 Å². The molecule has 0 saturated carbocycles. The van der Waals surface area contributed by atoms with Crippen molar-refractivity contribution in [3.05, 3.63) is 0 Å². The zero-order valence-corrected chi connectivity index (χ0v) is 10.6. The van der Waals surface area contributed by atoms with Crippen LogP contribution < -0.4 is 10.5 Å². The maximum Gasteiger partial charge on any atom is 0.221 e. The van der Waals surface area contributed by atoms with Crippen LogP contribution in [-0.2, 0) is 10.0 Å². The SMILES string of the molecule is CCC(C(N)=S)S(=O)(=O)NC(C)(C)C. The molecule has 14 heavy (non-hydrogen) atoms. The Balaban J connectivity index is 4.86. The molecule has 1 unspecified atom stereocenters. The van der Waals surface area contributed by atoms with Crippen LogP contribution in [0.15, 0.2) is 0 Å². The van der Waals surface area contributed by atoms with Crippen LogP contribution in [0.1, 0.15) is 34.1 Å². The minimum atomic E-state index is -3.45. The Morgan fingerprint density at radius 2 is 1.93 bits per heavy atom. The van der Waals surface area contributed by atoms with E-state index in [2.05, 4.69) is 4.72 Å². The van der Waals surface area contributed by atoms with Crippen molar-refractivity contribution in [1.29, 1.82) is 0 Å². The molecule has 0 aromatic carbocycles. The van der Waals surface area contributed by atoms with Crippen LogP contribution in [0.4, 0.5) is 0 Å². The maximum absolute atomic E-state index is 11.7. The molecule has 0 saturated heterocycles. The highest BCUT2D eigenvalue weighted by Crippen LogP contribution is 2.10. The van der Waals surface area contributed by atoms with Crippen LogP contribution in [-0.4, -0.2) is 24.2 Å². The van der Waals surface area contributed by atoms with Gasteiger partial charge in [0.1, 0.15) is 5.25 Å². The zero-order chi connectivity index (χ0) is 11.6. The van der Waals surface area contributed by atoms with E-state index in [-0.39, 0.29) is 4.99 Å². The Bertz CT molecular complexity index is 304. The third kappa shape index (κ3) is 4.34. The van der Waals surface area contributed by atoms with Crippen LogP contribution in [0, 0.1) is 0 Å². The van der Waals surface area contributed by atoms with Gasteiger partial charge in [-0.2, -0.15) is 0 Å². The predicted octanol–water partition coefficient (Wildman–Crippen LogP) is 0.769. The largest absolute Gasteiger partial charge is 0.392 e. The van der Waals surface area contributed by atoms with Gasteiger partial charge in [-0.1, -0.05) is 19.1 Å². The van der Waals surface area contributed by atoms with Crippen molar-refractivity contribution in [3.8, 4) is 0 Å². The molecule has 0 aliphatic rings. The summed E-state index contributed by atoms with van der Waals surface area (Å²) in [6.07, 6.45) is 0.390. The number of nitrogens with one attached hydrogen (secondary N) is 1. The van der Waals surface area contributed by atoms with Gasteiger partial charge in [0.25, 0.3) is 0 Å². The molecule has 0 aromatic heterocycles. The van der Waals surface area contributed by atoms with Crippen LogP contribution in [0.5, 0.6) is 0 Å². The van der Waals surface area contributed by atoms with Gasteiger partial charge in [-0.15, -0.1) is 0 Å². The van der Waals surface area contributed by atoms with E-state index in [1.807, 2.05) is 0 Å². The van der Waals surface area contributed by atoms with Gasteiger partial charge in [0.05, 0.1) is 4.99 Å². The van der Waals surface area contributed by atoms with Gasteiger partial charge >= 0.3 is 0 Å². The summed E-state index contributed by atoms with van der Waals surface area (Å²) in [6.45, 7) is 7.07. The maximum atomic E-state index is 11.7. The first-order valence-electron chi connectivity index (χ1n) is 4.42. The van der Waals surface area contributed by atoms with E-state index in [1.54, 1.807) is 27.7 Å². The third-order valence-corrected chi connectivity index (χ3v) is 4.18. The summed E-state index contributed by atoms with van der Waals surface area (Å²) in [5.41, 5.74) is 4.86. The monoisotopic (exact) mass is 238 g/mol. The van der Waals surface area contributed by atoms with Crippen LogP contribution in [0.25, 0.3) is 0 Å². The highest BCUT2D eigenvalue weighted by molar-refractivity contribution is 7.93. The second-order valence-electron chi connectivity index (χ2n) is 4.20. The van der Waals surface area contributed by atoms with Gasteiger partial charge < -0.3 is 5.73 Å². The number of hydrogen-bond donors (Lipinski definition) is 2. The van der Waals surface area contributed by atoms with Crippen molar-refractivity contribution in [2.24, 2.45) is 5.73 Å². The van der Waals surface area contributed by atoms with E-state index in [9.17, 15) is 8.42 Å². The Hall–Kier alpha value is -0.200. The Morgan fingerprint density at radius 1 is 1.50 bits per heavy atom. The third-order valence-electron chi connectivity index (χ3n) is 1.51. The summed E-state index contributed by atoms with van der Waals surface area (Å²) in [7, 11) is -3.45. The van der Waals surface area contributed by atoms with E-state index in [0.717, 1.165) is 0 Å². The van der Waals surface area contributed by atoms with Crippen molar-refractivity contribution in [1.82, 2.24) is 4.72 Å². The van der Waals surface area contributed by atoms with Gasteiger partial charge in [0.2, 0.25) is 10.0 Å². The molecule has 84 valence electrons. The highest BCUT2D eigenvalue weighted by Gasteiger charge is 2.29. The molecule has 0 heterocycles. The second kappa shape index (κ2) is 4.55. The molecular formula is C8H18N2O2S2. The van der Waals surface area contributed by atoms with Gasteiger partial charge in [0.15, 0.2) is 0 Å². The average Bonchev–Trinajstić information content (AvgIpc) is 1.79. The Morgan fingerprint density at radius 3 is 2.14 bits per heavy atom. The smallest absolute Gasteiger partial charge is 0.221 e. The first kappa shape index (κ1) is 13.8. The first-order valence-corrected chi connectivity index (χ1v) is 6.37. The standard InChI is InChI=1S/C8H18N2O2S2/c1-5-6(7(9)13)14(11,12)10-8(2,3)4/h6,10H,5H2,1-4H3,(H2,9,13). The lowest BCUT2D eigenvalue weighted by Gasteiger charge is -2.24. The predicted molar refractivity (Wildman–Crippen MR) is 62.7 cm³/mol. The van der Waals surface area contributed by atoms with Crippen molar-refractivity contribution in [2.45, 2.75) is 44.9 Å². The molecule has 0 rings (SSSR count). The van der Waals surface area contributed by atoms with E-state index in [1.165, 1.54) is 0 Å². The summed E-state index contributed by atoms with van der Waals surface area (Å²) in [4.78, 5) is 0.0178. The molecule has 0 radical (unpaired) electrons. The lowest BCUT2D eigenvalue weighted by Crippen LogP contribution is -2.48. The normalized spacial score (nSPS) is 15.1. The van der Waals surface area contributed by atoms with E-state index >= 15 is 0 Å². The fourth-order valence-corrected chi connectivity index (χ4v) is 3.36. The van der Waals surface area contributed by atoms with Gasteiger partial charge in [0, 0.05) is 5.54 Å². The number of rotatable bonds is 4. The molecule has 1 atom stereocenters. The van der Waals surface area contributed by atoms with Gasteiger partial charge in [-0.05, 0) is 27.2 Å². The quantitative estimate of drug-likeness (QED) is 0.710. The zero-order valence-electron chi connectivity index (χ0n) is 8.99. The molecule has 0 fully saturated rings. The fraction of sp³-hybridized carbons (Fsp3) is 0.875. The van der Waals surface area contributed by atoms with Crippen molar-refractivity contribution in [2.75, 3.05) is 0 Å². The fourth-order valence-electron chi connectivity index (χ4n) is 1.07. The van der Waals surface area contributed by atoms with Crippen LogP contribution in [0.3, 0.4) is 0 Å².